The fourth-order valence-electron chi connectivity index (χ4n) is 1.18. The van der Waals surface area contributed by atoms with E-state index in [0.717, 1.165) is 31.9 Å². The van der Waals surface area contributed by atoms with Crippen molar-refractivity contribution in [3.63, 3.8) is 0 Å². The lowest BCUT2D eigenvalue weighted by Gasteiger charge is -2.05. The van der Waals surface area contributed by atoms with Gasteiger partial charge in [-0.3, -0.25) is 0 Å². The Labute approximate surface area is 85.9 Å². The normalized spacial score (nSPS) is 10.1. The predicted octanol–water partition coefficient (Wildman–Crippen LogP) is 1.80. The van der Waals surface area contributed by atoms with Crippen molar-refractivity contribution in [1.29, 1.82) is 0 Å². The maximum Gasteiger partial charge on any atom is 0.125 e. The number of aromatic nitrogens is 1. The summed E-state index contributed by atoms with van der Waals surface area (Å²) in [4.78, 5) is 4.26. The van der Waals surface area contributed by atoms with Crippen molar-refractivity contribution in [3.8, 4) is 0 Å². The van der Waals surface area contributed by atoms with Gasteiger partial charge in [0, 0.05) is 12.7 Å². The van der Waals surface area contributed by atoms with Gasteiger partial charge in [-0.15, -0.1) is 0 Å². The highest BCUT2D eigenvalue weighted by Gasteiger charge is 1.91. The maximum absolute atomic E-state index is 4.26. The maximum atomic E-state index is 4.26. The summed E-state index contributed by atoms with van der Waals surface area (Å²) in [6.07, 6.45) is 3.01. The van der Waals surface area contributed by atoms with Gasteiger partial charge in [0.2, 0.25) is 0 Å². The standard InChI is InChI=1S/C11H19N3/c1-3-12-7-4-8-13-11-6-5-10(2)9-14-11/h5-6,9,12H,3-4,7-8H2,1-2H3,(H,13,14). The molecule has 0 fully saturated rings. The highest BCUT2D eigenvalue weighted by Crippen LogP contribution is 2.02. The first kappa shape index (κ1) is 11.0. The summed E-state index contributed by atoms with van der Waals surface area (Å²) >= 11 is 0. The van der Waals surface area contributed by atoms with Gasteiger partial charge in [0.1, 0.15) is 5.82 Å². The average molecular weight is 193 g/mol. The van der Waals surface area contributed by atoms with E-state index >= 15 is 0 Å². The summed E-state index contributed by atoms with van der Waals surface area (Å²) in [7, 11) is 0. The second-order valence-corrected chi connectivity index (χ2v) is 3.35. The van der Waals surface area contributed by atoms with Crippen LogP contribution in [0.5, 0.6) is 0 Å². The Morgan fingerprint density at radius 1 is 1.29 bits per heavy atom. The summed E-state index contributed by atoms with van der Waals surface area (Å²) in [5.41, 5.74) is 1.20. The summed E-state index contributed by atoms with van der Waals surface area (Å²) in [6.45, 7) is 7.25. The third-order valence-electron chi connectivity index (χ3n) is 2.00. The highest BCUT2D eigenvalue weighted by molar-refractivity contribution is 5.34. The van der Waals surface area contributed by atoms with Crippen LogP contribution in [0.4, 0.5) is 5.82 Å². The number of nitrogens with zero attached hydrogens (tertiary/aromatic N) is 1. The highest BCUT2D eigenvalue weighted by atomic mass is 15.0. The Kier molecular flexibility index (Phi) is 5.00. The van der Waals surface area contributed by atoms with Crippen LogP contribution in [0, 0.1) is 6.92 Å². The van der Waals surface area contributed by atoms with Crippen molar-refractivity contribution >= 4 is 5.82 Å². The number of anilines is 1. The van der Waals surface area contributed by atoms with Crippen LogP contribution in [0.2, 0.25) is 0 Å². The SMILES string of the molecule is CCNCCCNc1ccc(C)cn1. The minimum absolute atomic E-state index is 0.965. The van der Waals surface area contributed by atoms with Crippen molar-refractivity contribution in [2.45, 2.75) is 20.3 Å². The van der Waals surface area contributed by atoms with Gasteiger partial charge in [0.15, 0.2) is 0 Å². The molecule has 14 heavy (non-hydrogen) atoms. The molecule has 0 spiro atoms. The molecular formula is C11H19N3. The van der Waals surface area contributed by atoms with Crippen LogP contribution in [0.15, 0.2) is 18.3 Å². The van der Waals surface area contributed by atoms with E-state index in [9.17, 15) is 0 Å². The van der Waals surface area contributed by atoms with E-state index in [4.69, 9.17) is 0 Å². The van der Waals surface area contributed by atoms with Crippen LogP contribution in [0.3, 0.4) is 0 Å². The Hall–Kier alpha value is -1.09. The van der Waals surface area contributed by atoms with Gasteiger partial charge in [0.05, 0.1) is 0 Å². The van der Waals surface area contributed by atoms with E-state index in [2.05, 4.69) is 28.6 Å². The van der Waals surface area contributed by atoms with E-state index < -0.39 is 0 Å². The molecule has 0 aliphatic rings. The van der Waals surface area contributed by atoms with Gasteiger partial charge in [-0.2, -0.15) is 0 Å². The molecule has 0 radical (unpaired) electrons. The molecule has 78 valence electrons. The number of aryl methyl sites for hydroxylation is 1. The largest absolute Gasteiger partial charge is 0.370 e. The minimum Gasteiger partial charge on any atom is -0.370 e. The molecule has 0 saturated carbocycles. The number of rotatable bonds is 6. The van der Waals surface area contributed by atoms with Crippen molar-refractivity contribution in [2.75, 3.05) is 25.0 Å². The zero-order chi connectivity index (χ0) is 10.2. The minimum atomic E-state index is 0.965. The Morgan fingerprint density at radius 3 is 2.79 bits per heavy atom. The quantitative estimate of drug-likeness (QED) is 0.676. The second-order valence-electron chi connectivity index (χ2n) is 3.35. The van der Waals surface area contributed by atoms with E-state index in [-0.39, 0.29) is 0 Å². The predicted molar refractivity (Wildman–Crippen MR) is 60.6 cm³/mol. The Morgan fingerprint density at radius 2 is 2.14 bits per heavy atom. The molecule has 0 aliphatic carbocycles. The lowest BCUT2D eigenvalue weighted by atomic mass is 10.3. The number of hydrogen-bond acceptors (Lipinski definition) is 3. The molecule has 0 amide bonds. The van der Waals surface area contributed by atoms with Crippen LogP contribution >= 0.6 is 0 Å². The first-order valence-corrected chi connectivity index (χ1v) is 5.20. The molecular weight excluding hydrogens is 174 g/mol. The molecule has 1 aromatic heterocycles. The molecule has 1 aromatic rings. The second kappa shape index (κ2) is 6.38. The molecule has 0 unspecified atom stereocenters. The van der Waals surface area contributed by atoms with Crippen LogP contribution in [-0.2, 0) is 0 Å². The third kappa shape index (κ3) is 4.23. The zero-order valence-electron chi connectivity index (χ0n) is 9.01. The van der Waals surface area contributed by atoms with Gasteiger partial charge in [-0.05, 0) is 38.1 Å². The van der Waals surface area contributed by atoms with Crippen LogP contribution < -0.4 is 10.6 Å². The Bertz CT molecular complexity index is 243. The van der Waals surface area contributed by atoms with E-state index in [1.807, 2.05) is 19.2 Å². The van der Waals surface area contributed by atoms with Gasteiger partial charge < -0.3 is 10.6 Å². The molecule has 0 saturated heterocycles. The van der Waals surface area contributed by atoms with E-state index in [0.29, 0.717) is 0 Å². The zero-order valence-corrected chi connectivity index (χ0v) is 9.01. The van der Waals surface area contributed by atoms with Gasteiger partial charge in [-0.25, -0.2) is 4.98 Å². The first-order valence-electron chi connectivity index (χ1n) is 5.20. The van der Waals surface area contributed by atoms with Crippen LogP contribution in [0.1, 0.15) is 18.9 Å². The smallest absolute Gasteiger partial charge is 0.125 e. The van der Waals surface area contributed by atoms with Crippen LogP contribution in [-0.4, -0.2) is 24.6 Å². The lowest BCUT2D eigenvalue weighted by molar-refractivity contribution is 0.688. The lowest BCUT2D eigenvalue weighted by Crippen LogP contribution is -2.17. The van der Waals surface area contributed by atoms with Gasteiger partial charge >= 0.3 is 0 Å². The molecule has 1 heterocycles. The molecule has 0 bridgehead atoms. The first-order chi connectivity index (χ1) is 6.83. The number of pyridine rings is 1. The summed E-state index contributed by atoms with van der Waals surface area (Å²) in [5.74, 6) is 0.965. The summed E-state index contributed by atoms with van der Waals surface area (Å²) in [5, 5.41) is 6.56. The van der Waals surface area contributed by atoms with Crippen molar-refractivity contribution in [2.24, 2.45) is 0 Å². The third-order valence-corrected chi connectivity index (χ3v) is 2.00. The number of hydrogen-bond donors (Lipinski definition) is 2. The molecule has 2 N–H and O–H groups in total. The van der Waals surface area contributed by atoms with Gasteiger partial charge in [0.25, 0.3) is 0 Å². The van der Waals surface area contributed by atoms with Crippen LogP contribution in [0.25, 0.3) is 0 Å². The van der Waals surface area contributed by atoms with E-state index in [1.54, 1.807) is 0 Å². The molecule has 0 aromatic carbocycles. The van der Waals surface area contributed by atoms with E-state index in [1.165, 1.54) is 5.56 Å². The van der Waals surface area contributed by atoms with Crippen molar-refractivity contribution in [1.82, 2.24) is 10.3 Å². The van der Waals surface area contributed by atoms with Gasteiger partial charge in [-0.1, -0.05) is 13.0 Å². The molecule has 1 rings (SSSR count). The van der Waals surface area contributed by atoms with Crippen molar-refractivity contribution < 1.29 is 0 Å². The molecule has 3 heteroatoms. The Balaban J connectivity index is 2.15. The fourth-order valence-corrected chi connectivity index (χ4v) is 1.18. The molecule has 3 nitrogen and oxygen atoms in total. The number of nitrogens with one attached hydrogen (secondary N) is 2. The summed E-state index contributed by atoms with van der Waals surface area (Å²) in [6, 6.07) is 4.09. The topological polar surface area (TPSA) is 37.0 Å². The molecule has 0 aliphatic heterocycles. The molecule has 0 atom stereocenters. The fraction of sp³-hybridized carbons (Fsp3) is 0.545. The average Bonchev–Trinajstić information content (AvgIpc) is 2.21. The summed E-state index contributed by atoms with van der Waals surface area (Å²) < 4.78 is 0. The van der Waals surface area contributed by atoms with Crippen molar-refractivity contribution in [3.05, 3.63) is 23.9 Å². The monoisotopic (exact) mass is 193 g/mol.